The third kappa shape index (κ3) is 7.37. The number of hydrogen-bond donors (Lipinski definition) is 0. The number of ether oxygens (including phenoxy) is 2. The highest BCUT2D eigenvalue weighted by Gasteiger charge is 2.31. The number of benzene rings is 2. The van der Waals surface area contributed by atoms with E-state index < -0.39 is 23.3 Å². The van der Waals surface area contributed by atoms with E-state index in [1.807, 2.05) is 0 Å². The van der Waals surface area contributed by atoms with Gasteiger partial charge in [-0.2, -0.15) is 8.78 Å². The minimum Gasteiger partial charge on any atom is -0.490 e. The van der Waals surface area contributed by atoms with E-state index in [4.69, 9.17) is 9.47 Å². The van der Waals surface area contributed by atoms with E-state index in [1.54, 1.807) is 6.92 Å². The first-order valence-corrected chi connectivity index (χ1v) is 14.8. The summed E-state index contributed by atoms with van der Waals surface area (Å²) in [5, 5.41) is 0. The van der Waals surface area contributed by atoms with Gasteiger partial charge in [-0.25, -0.2) is 8.78 Å². The fourth-order valence-corrected chi connectivity index (χ4v) is 6.49. The minimum absolute atomic E-state index is 0.200. The lowest BCUT2D eigenvalue weighted by Gasteiger charge is -2.38. The molecule has 2 aromatic carbocycles. The van der Waals surface area contributed by atoms with Crippen LogP contribution in [-0.2, 0) is 0 Å². The van der Waals surface area contributed by atoms with Crippen molar-refractivity contribution < 1.29 is 27.0 Å². The van der Waals surface area contributed by atoms with Gasteiger partial charge < -0.3 is 9.47 Å². The monoisotopic (exact) mass is 546 g/mol. The minimum atomic E-state index is -1.30. The highest BCUT2D eigenvalue weighted by Crippen LogP contribution is 2.43. The summed E-state index contributed by atoms with van der Waals surface area (Å²) in [5.74, 6) is -2.70. The molecule has 4 rings (SSSR count). The Morgan fingerprint density at radius 1 is 0.692 bits per heavy atom. The third-order valence-electron chi connectivity index (χ3n) is 8.85. The molecule has 2 aliphatic carbocycles. The van der Waals surface area contributed by atoms with Crippen molar-refractivity contribution in [1.29, 1.82) is 0 Å². The van der Waals surface area contributed by atoms with Crippen LogP contribution in [0.1, 0.15) is 90.9 Å². The average molecular weight is 547 g/mol. The molecule has 2 aromatic rings. The maximum absolute atomic E-state index is 14.9. The van der Waals surface area contributed by atoms with Gasteiger partial charge in [0.2, 0.25) is 11.6 Å². The molecule has 0 bridgehead atoms. The molecule has 0 heterocycles. The van der Waals surface area contributed by atoms with Crippen LogP contribution in [0.3, 0.4) is 0 Å². The van der Waals surface area contributed by atoms with Crippen LogP contribution < -0.4 is 9.47 Å². The molecule has 2 fully saturated rings. The molecule has 0 atom stereocenters. The van der Waals surface area contributed by atoms with E-state index in [2.05, 4.69) is 6.92 Å². The smallest absolute Gasteiger partial charge is 0.201 e. The van der Waals surface area contributed by atoms with Crippen LogP contribution in [0.2, 0.25) is 0 Å². The van der Waals surface area contributed by atoms with Crippen molar-refractivity contribution in [2.75, 3.05) is 6.61 Å². The Kier molecular flexibility index (Phi) is 10.8. The molecule has 0 unspecified atom stereocenters. The lowest BCUT2D eigenvalue weighted by Crippen LogP contribution is -2.27. The number of allylic oxidation sites excluding steroid dienone is 1. The van der Waals surface area contributed by atoms with Crippen LogP contribution in [0.4, 0.5) is 17.6 Å². The van der Waals surface area contributed by atoms with Crippen molar-refractivity contribution in [3.05, 3.63) is 59.9 Å². The molecule has 214 valence electrons. The third-order valence-corrected chi connectivity index (χ3v) is 8.85. The molecule has 0 amide bonds. The first-order valence-electron chi connectivity index (χ1n) is 14.8. The summed E-state index contributed by atoms with van der Waals surface area (Å²) < 4.78 is 69.5. The summed E-state index contributed by atoms with van der Waals surface area (Å²) in [7, 11) is 0. The van der Waals surface area contributed by atoms with Crippen LogP contribution in [-0.4, -0.2) is 6.61 Å². The van der Waals surface area contributed by atoms with Gasteiger partial charge in [0.25, 0.3) is 0 Å². The maximum Gasteiger partial charge on any atom is 0.201 e. The van der Waals surface area contributed by atoms with Gasteiger partial charge in [-0.15, -0.1) is 0 Å². The first kappa shape index (κ1) is 29.5. The summed E-state index contributed by atoms with van der Waals surface area (Å²) in [6.45, 7) is 4.25. The highest BCUT2D eigenvalue weighted by atomic mass is 19.2. The second-order valence-corrected chi connectivity index (χ2v) is 11.4. The van der Waals surface area contributed by atoms with Crippen molar-refractivity contribution in [3.8, 4) is 22.6 Å². The van der Waals surface area contributed by atoms with E-state index in [9.17, 15) is 17.6 Å². The van der Waals surface area contributed by atoms with Crippen molar-refractivity contribution in [2.45, 2.75) is 90.9 Å². The lowest BCUT2D eigenvalue weighted by atomic mass is 9.69. The van der Waals surface area contributed by atoms with Crippen LogP contribution in [0, 0.1) is 46.9 Å². The molecule has 2 aliphatic rings. The molecule has 0 saturated heterocycles. The van der Waals surface area contributed by atoms with Crippen LogP contribution in [0.5, 0.6) is 11.5 Å². The van der Waals surface area contributed by atoms with E-state index in [0.717, 1.165) is 30.6 Å². The quantitative estimate of drug-likeness (QED) is 0.159. The van der Waals surface area contributed by atoms with Gasteiger partial charge in [0.1, 0.15) is 0 Å². The molecule has 0 radical (unpaired) electrons. The fraction of sp³-hybridized carbons (Fsp3) is 0.576. The van der Waals surface area contributed by atoms with Gasteiger partial charge in [0.15, 0.2) is 23.1 Å². The van der Waals surface area contributed by atoms with Crippen molar-refractivity contribution in [1.82, 2.24) is 0 Å². The van der Waals surface area contributed by atoms with Gasteiger partial charge in [-0.3, -0.25) is 0 Å². The topological polar surface area (TPSA) is 18.5 Å². The van der Waals surface area contributed by atoms with Gasteiger partial charge in [0, 0.05) is 11.1 Å². The Balaban J connectivity index is 1.28. The fourth-order valence-electron chi connectivity index (χ4n) is 6.49. The molecule has 0 aliphatic heterocycles. The van der Waals surface area contributed by atoms with Gasteiger partial charge in [-0.05, 0) is 93.4 Å². The maximum atomic E-state index is 14.9. The van der Waals surface area contributed by atoms with Crippen LogP contribution in [0.25, 0.3) is 11.1 Å². The molecular formula is C33H42F4O2. The van der Waals surface area contributed by atoms with Crippen molar-refractivity contribution in [3.63, 3.8) is 0 Å². The molecule has 39 heavy (non-hydrogen) atoms. The summed E-state index contributed by atoms with van der Waals surface area (Å²) in [6, 6.07) is 4.88. The Bertz CT molecular complexity index is 1100. The zero-order valence-corrected chi connectivity index (χ0v) is 23.3. The van der Waals surface area contributed by atoms with Crippen LogP contribution in [0.15, 0.2) is 36.6 Å². The van der Waals surface area contributed by atoms with Crippen molar-refractivity contribution >= 4 is 0 Å². The molecule has 6 heteroatoms. The molecule has 0 aromatic heterocycles. The zero-order chi connectivity index (χ0) is 27.8. The number of halogens is 4. The first-order chi connectivity index (χ1) is 18.9. The summed E-state index contributed by atoms with van der Waals surface area (Å²) >= 11 is 0. The SMILES string of the molecule is CC=COc1ccc(-c2ccc(OCC3CCC(C4CCC(CCCCC)CC4)CC3)c(F)c2F)c(F)c1F. The Labute approximate surface area is 230 Å². The average Bonchev–Trinajstić information content (AvgIpc) is 2.96. The molecular weight excluding hydrogens is 504 g/mol. The Morgan fingerprint density at radius 3 is 1.79 bits per heavy atom. The Hall–Kier alpha value is -2.50. The molecule has 2 nitrogen and oxygen atoms in total. The predicted molar refractivity (Wildman–Crippen MR) is 148 cm³/mol. The van der Waals surface area contributed by atoms with E-state index in [-0.39, 0.29) is 22.6 Å². The molecule has 2 saturated carbocycles. The lowest BCUT2D eigenvalue weighted by molar-refractivity contribution is 0.120. The van der Waals surface area contributed by atoms with Gasteiger partial charge >= 0.3 is 0 Å². The largest absolute Gasteiger partial charge is 0.490 e. The highest BCUT2D eigenvalue weighted by molar-refractivity contribution is 5.67. The molecule has 0 spiro atoms. The standard InChI is InChI=1S/C33H42F4O2/c1-3-5-6-7-22-8-12-24(13-9-22)25-14-10-23(11-15-25)21-39-29-19-17-27(31(35)33(29)37)26-16-18-28(38-20-4-2)32(36)30(26)34/h4,16-20,22-25H,3,5-15,21H2,1-2H3. The van der Waals surface area contributed by atoms with Crippen LogP contribution >= 0.6 is 0 Å². The number of hydrogen-bond acceptors (Lipinski definition) is 2. The summed E-state index contributed by atoms with van der Waals surface area (Å²) in [4.78, 5) is 0. The van der Waals surface area contributed by atoms with E-state index >= 15 is 0 Å². The second kappa shape index (κ2) is 14.2. The summed E-state index contributed by atoms with van der Waals surface area (Å²) in [6.07, 6.45) is 18.0. The van der Waals surface area contributed by atoms with Crippen molar-refractivity contribution in [2.24, 2.45) is 23.7 Å². The summed E-state index contributed by atoms with van der Waals surface area (Å²) in [5.41, 5.74) is -0.744. The number of rotatable bonds is 11. The van der Waals surface area contributed by atoms with Gasteiger partial charge in [-0.1, -0.05) is 51.5 Å². The van der Waals surface area contributed by atoms with E-state index in [0.29, 0.717) is 12.5 Å². The van der Waals surface area contributed by atoms with Gasteiger partial charge in [0.05, 0.1) is 12.9 Å². The molecule has 0 N–H and O–H groups in total. The Morgan fingerprint density at radius 2 is 1.23 bits per heavy atom. The van der Waals surface area contributed by atoms with E-state index in [1.165, 1.54) is 101 Å². The number of unbranched alkanes of at least 4 members (excludes halogenated alkanes) is 2. The second-order valence-electron chi connectivity index (χ2n) is 11.4. The zero-order valence-electron chi connectivity index (χ0n) is 23.3. The normalized spacial score (nSPS) is 23.7. The predicted octanol–water partition coefficient (Wildman–Crippen LogP) is 10.4.